The Morgan fingerprint density at radius 2 is 1.67 bits per heavy atom. The molecule has 0 saturated carbocycles. The molecule has 0 spiro atoms. The monoisotopic (exact) mass is 248 g/mol. The van der Waals surface area contributed by atoms with Gasteiger partial charge in [0.15, 0.2) is 0 Å². The molecule has 0 aromatic heterocycles. The van der Waals surface area contributed by atoms with Gasteiger partial charge in [-0.25, -0.2) is 0 Å². The fourth-order valence-corrected chi connectivity index (χ4v) is 1.96. The molecule has 1 aromatic carbocycles. The van der Waals surface area contributed by atoms with Gasteiger partial charge in [-0.15, -0.1) is 0 Å². The molecule has 1 rings (SSSR count). The predicted molar refractivity (Wildman–Crippen MR) is 70.5 cm³/mol. The first kappa shape index (κ1) is 14.4. The van der Waals surface area contributed by atoms with Crippen molar-refractivity contribution in [3.63, 3.8) is 0 Å². The van der Waals surface area contributed by atoms with E-state index < -0.39 is 0 Å². The molecule has 0 amide bonds. The lowest BCUT2D eigenvalue weighted by Crippen LogP contribution is -2.09. The van der Waals surface area contributed by atoms with E-state index in [4.69, 9.17) is 4.74 Å². The maximum atomic E-state index is 11.7. The summed E-state index contributed by atoms with van der Waals surface area (Å²) in [6.07, 6.45) is 0.825. The fourth-order valence-electron chi connectivity index (χ4n) is 1.96. The molecular weight excluding hydrogens is 228 g/mol. The zero-order valence-electron chi connectivity index (χ0n) is 11.3. The first-order chi connectivity index (χ1) is 8.51. The normalized spacial score (nSPS) is 10.2. The second-order valence-electron chi connectivity index (χ2n) is 4.52. The Balaban J connectivity index is 2.47. The van der Waals surface area contributed by atoms with Gasteiger partial charge < -0.3 is 4.74 Å². The molecule has 1 aromatic rings. The maximum absolute atomic E-state index is 11.7. The maximum Gasteiger partial charge on any atom is 0.306 e. The molecule has 0 atom stereocenters. The third-order valence-corrected chi connectivity index (χ3v) is 2.60. The highest BCUT2D eigenvalue weighted by Gasteiger charge is 2.09. The Bertz CT molecular complexity index is 415. The van der Waals surface area contributed by atoms with Gasteiger partial charge in [0, 0.05) is 12.8 Å². The third-order valence-electron chi connectivity index (χ3n) is 2.60. The van der Waals surface area contributed by atoms with E-state index in [1.807, 2.05) is 26.0 Å². The van der Waals surface area contributed by atoms with E-state index in [-0.39, 0.29) is 24.6 Å². The minimum atomic E-state index is -0.300. The van der Waals surface area contributed by atoms with Gasteiger partial charge in [-0.2, -0.15) is 0 Å². The van der Waals surface area contributed by atoms with Gasteiger partial charge in [-0.05, 0) is 26.3 Å². The molecule has 98 valence electrons. The Kier molecular flexibility index (Phi) is 5.56. The van der Waals surface area contributed by atoms with Gasteiger partial charge in [-0.3, -0.25) is 9.59 Å². The summed E-state index contributed by atoms with van der Waals surface area (Å²) >= 11 is 0. The lowest BCUT2D eigenvalue weighted by molar-refractivity contribution is -0.144. The summed E-state index contributed by atoms with van der Waals surface area (Å²) in [4.78, 5) is 22.9. The number of hydrogen-bond acceptors (Lipinski definition) is 3. The standard InChI is InChI=1S/C15H20O3/c1-4-18-15(17)6-5-14(16)10-13-8-11(2)7-12(3)9-13/h7-9H,4-6,10H2,1-3H3. The summed E-state index contributed by atoms with van der Waals surface area (Å²) < 4.78 is 4.79. The number of ether oxygens (including phenoxy) is 1. The Morgan fingerprint density at radius 1 is 1.06 bits per heavy atom. The highest BCUT2D eigenvalue weighted by molar-refractivity contribution is 5.84. The number of Topliss-reactive ketones (excluding diaryl/α,β-unsaturated/α-hetero) is 1. The molecule has 3 heteroatoms. The zero-order chi connectivity index (χ0) is 13.5. The van der Waals surface area contributed by atoms with Crippen LogP contribution in [0.3, 0.4) is 0 Å². The summed E-state index contributed by atoms with van der Waals surface area (Å²) in [5.41, 5.74) is 3.33. The van der Waals surface area contributed by atoms with Crippen LogP contribution in [0.5, 0.6) is 0 Å². The molecule has 0 radical (unpaired) electrons. The summed E-state index contributed by atoms with van der Waals surface area (Å²) in [6, 6.07) is 6.09. The number of esters is 1. The Labute approximate surface area is 108 Å². The van der Waals surface area contributed by atoms with Crippen LogP contribution < -0.4 is 0 Å². The zero-order valence-corrected chi connectivity index (χ0v) is 11.3. The quantitative estimate of drug-likeness (QED) is 0.727. The van der Waals surface area contributed by atoms with E-state index >= 15 is 0 Å². The van der Waals surface area contributed by atoms with Crippen LogP contribution in [0.15, 0.2) is 18.2 Å². The van der Waals surface area contributed by atoms with E-state index in [1.54, 1.807) is 6.92 Å². The molecule has 0 heterocycles. The summed E-state index contributed by atoms with van der Waals surface area (Å²) in [5.74, 6) is -0.223. The van der Waals surface area contributed by atoms with Crippen molar-refractivity contribution in [1.82, 2.24) is 0 Å². The minimum absolute atomic E-state index is 0.0769. The van der Waals surface area contributed by atoms with Crippen molar-refractivity contribution < 1.29 is 14.3 Å². The van der Waals surface area contributed by atoms with Gasteiger partial charge in [0.2, 0.25) is 0 Å². The van der Waals surface area contributed by atoms with E-state index in [9.17, 15) is 9.59 Å². The largest absolute Gasteiger partial charge is 0.466 e. The SMILES string of the molecule is CCOC(=O)CCC(=O)Cc1cc(C)cc(C)c1. The molecule has 0 fully saturated rings. The van der Waals surface area contributed by atoms with E-state index in [0.717, 1.165) is 16.7 Å². The van der Waals surface area contributed by atoms with Crippen LogP contribution in [0.4, 0.5) is 0 Å². The van der Waals surface area contributed by atoms with Crippen molar-refractivity contribution in [3.05, 3.63) is 34.9 Å². The van der Waals surface area contributed by atoms with Gasteiger partial charge in [0.25, 0.3) is 0 Å². The smallest absolute Gasteiger partial charge is 0.306 e. The number of carbonyl (C=O) groups excluding carboxylic acids is 2. The van der Waals surface area contributed by atoms with Crippen molar-refractivity contribution in [1.29, 1.82) is 0 Å². The molecule has 0 saturated heterocycles. The predicted octanol–water partition coefficient (Wildman–Crippen LogP) is 2.76. The Morgan fingerprint density at radius 3 is 2.22 bits per heavy atom. The lowest BCUT2D eigenvalue weighted by atomic mass is 10.0. The topological polar surface area (TPSA) is 43.4 Å². The van der Waals surface area contributed by atoms with Gasteiger partial charge in [0.05, 0.1) is 13.0 Å². The molecule has 0 N–H and O–H groups in total. The van der Waals surface area contributed by atoms with Crippen LogP contribution in [0.25, 0.3) is 0 Å². The molecule has 0 unspecified atom stereocenters. The van der Waals surface area contributed by atoms with Crippen LogP contribution >= 0.6 is 0 Å². The molecular formula is C15H20O3. The molecule has 0 bridgehead atoms. The lowest BCUT2D eigenvalue weighted by Gasteiger charge is -2.05. The number of aryl methyl sites for hydroxylation is 2. The molecule has 3 nitrogen and oxygen atoms in total. The minimum Gasteiger partial charge on any atom is -0.466 e. The van der Waals surface area contributed by atoms with Gasteiger partial charge >= 0.3 is 5.97 Å². The second-order valence-corrected chi connectivity index (χ2v) is 4.52. The van der Waals surface area contributed by atoms with Crippen molar-refractivity contribution in [2.45, 2.75) is 40.0 Å². The first-order valence-corrected chi connectivity index (χ1v) is 6.25. The number of rotatable bonds is 6. The van der Waals surface area contributed by atoms with Crippen molar-refractivity contribution >= 4 is 11.8 Å². The van der Waals surface area contributed by atoms with E-state index in [0.29, 0.717) is 13.0 Å². The van der Waals surface area contributed by atoms with Gasteiger partial charge in [-0.1, -0.05) is 29.3 Å². The average molecular weight is 248 g/mol. The van der Waals surface area contributed by atoms with E-state index in [1.165, 1.54) is 0 Å². The molecule has 0 aliphatic rings. The van der Waals surface area contributed by atoms with Gasteiger partial charge in [0.1, 0.15) is 5.78 Å². The summed E-state index contributed by atoms with van der Waals surface area (Å²) in [6.45, 7) is 6.15. The molecule has 18 heavy (non-hydrogen) atoms. The van der Waals surface area contributed by atoms with Crippen molar-refractivity contribution in [2.75, 3.05) is 6.61 Å². The molecule has 0 aliphatic heterocycles. The van der Waals surface area contributed by atoms with Crippen LogP contribution in [0.2, 0.25) is 0 Å². The number of carbonyl (C=O) groups is 2. The number of benzene rings is 1. The summed E-state index contributed by atoms with van der Waals surface area (Å²) in [7, 11) is 0. The van der Waals surface area contributed by atoms with Crippen LogP contribution in [-0.4, -0.2) is 18.4 Å². The number of ketones is 1. The van der Waals surface area contributed by atoms with Crippen LogP contribution in [0, 0.1) is 13.8 Å². The fraction of sp³-hybridized carbons (Fsp3) is 0.467. The van der Waals surface area contributed by atoms with Crippen LogP contribution in [0.1, 0.15) is 36.5 Å². The second kappa shape index (κ2) is 6.94. The number of hydrogen-bond donors (Lipinski definition) is 0. The van der Waals surface area contributed by atoms with Crippen LogP contribution in [-0.2, 0) is 20.7 Å². The van der Waals surface area contributed by atoms with E-state index in [2.05, 4.69) is 6.07 Å². The Hall–Kier alpha value is -1.64. The molecule has 0 aliphatic carbocycles. The van der Waals surface area contributed by atoms with Crippen molar-refractivity contribution in [3.8, 4) is 0 Å². The first-order valence-electron chi connectivity index (χ1n) is 6.25. The van der Waals surface area contributed by atoms with Crippen molar-refractivity contribution in [2.24, 2.45) is 0 Å². The third kappa shape index (κ3) is 5.13. The summed E-state index contributed by atoms with van der Waals surface area (Å²) in [5, 5.41) is 0. The highest BCUT2D eigenvalue weighted by Crippen LogP contribution is 2.11. The highest BCUT2D eigenvalue weighted by atomic mass is 16.5. The average Bonchev–Trinajstić information content (AvgIpc) is 2.25.